The highest BCUT2D eigenvalue weighted by Gasteiger charge is 2.13. The van der Waals surface area contributed by atoms with Gasteiger partial charge in [0.2, 0.25) is 0 Å². The minimum atomic E-state index is -0.391. The van der Waals surface area contributed by atoms with E-state index in [0.717, 1.165) is 22.1 Å². The molecule has 0 spiro atoms. The molecule has 5 aromatic rings. The number of rotatable bonds is 7. The van der Waals surface area contributed by atoms with E-state index in [2.05, 4.69) is 10.4 Å². The Morgan fingerprint density at radius 3 is 2.76 bits per heavy atom. The topological polar surface area (TPSA) is 69.3 Å². The van der Waals surface area contributed by atoms with Gasteiger partial charge in [-0.2, -0.15) is 5.10 Å². The fraction of sp³-hybridized carbons (Fsp3) is 0.0769. The first-order valence-corrected chi connectivity index (χ1v) is 10.4. The number of furan rings is 1. The van der Waals surface area contributed by atoms with Gasteiger partial charge in [-0.3, -0.25) is 9.48 Å². The number of halogens is 1. The van der Waals surface area contributed by atoms with E-state index in [9.17, 15) is 9.18 Å². The first-order chi connectivity index (χ1) is 16.1. The van der Waals surface area contributed by atoms with E-state index < -0.39 is 5.91 Å². The van der Waals surface area contributed by atoms with Crippen LogP contribution in [0.1, 0.15) is 21.9 Å². The van der Waals surface area contributed by atoms with Crippen molar-refractivity contribution in [3.8, 4) is 5.75 Å². The molecule has 33 heavy (non-hydrogen) atoms. The van der Waals surface area contributed by atoms with E-state index in [1.54, 1.807) is 29.1 Å². The van der Waals surface area contributed by atoms with E-state index in [4.69, 9.17) is 9.15 Å². The van der Waals surface area contributed by atoms with Gasteiger partial charge in [0, 0.05) is 6.20 Å². The van der Waals surface area contributed by atoms with Crippen LogP contribution in [0.5, 0.6) is 5.75 Å². The van der Waals surface area contributed by atoms with Crippen LogP contribution in [0.4, 0.5) is 10.1 Å². The molecule has 0 aliphatic heterocycles. The standard InChI is InChI=1S/C26H20FN3O3/c27-21-7-3-4-18(12-21)15-30-16-22(14-28-30)29-26(31)25-11-10-24(33-25)17-32-23-9-8-19-5-1-2-6-20(19)13-23/h1-14,16H,15,17H2,(H,29,31). The second-order valence-electron chi connectivity index (χ2n) is 7.57. The SMILES string of the molecule is O=C(Nc1cnn(Cc2cccc(F)c2)c1)c1ccc(COc2ccc3ccccc3c2)o1. The van der Waals surface area contributed by atoms with Crippen molar-refractivity contribution in [3.63, 3.8) is 0 Å². The molecule has 1 amide bonds. The van der Waals surface area contributed by atoms with E-state index in [-0.39, 0.29) is 18.2 Å². The number of carbonyl (C=O) groups excluding carboxylic acids is 1. The number of ether oxygens (including phenoxy) is 1. The summed E-state index contributed by atoms with van der Waals surface area (Å²) in [5, 5.41) is 9.19. The molecule has 7 heteroatoms. The molecule has 0 radical (unpaired) electrons. The van der Waals surface area contributed by atoms with Gasteiger partial charge in [-0.05, 0) is 52.7 Å². The Balaban J connectivity index is 1.18. The quantitative estimate of drug-likeness (QED) is 0.354. The monoisotopic (exact) mass is 441 g/mol. The molecular formula is C26H20FN3O3. The normalized spacial score (nSPS) is 10.9. The molecule has 3 aromatic carbocycles. The van der Waals surface area contributed by atoms with Gasteiger partial charge in [-0.25, -0.2) is 4.39 Å². The average molecular weight is 441 g/mol. The summed E-state index contributed by atoms with van der Waals surface area (Å²) in [4.78, 5) is 12.5. The number of aromatic nitrogens is 2. The van der Waals surface area contributed by atoms with Crippen LogP contribution in [-0.2, 0) is 13.2 Å². The van der Waals surface area contributed by atoms with Gasteiger partial charge < -0.3 is 14.5 Å². The van der Waals surface area contributed by atoms with Crippen LogP contribution < -0.4 is 10.1 Å². The first kappa shape index (κ1) is 20.5. The van der Waals surface area contributed by atoms with E-state index in [1.165, 1.54) is 18.3 Å². The fourth-order valence-corrected chi connectivity index (χ4v) is 3.52. The lowest BCUT2D eigenvalue weighted by Gasteiger charge is -2.06. The smallest absolute Gasteiger partial charge is 0.291 e. The Morgan fingerprint density at radius 2 is 1.88 bits per heavy atom. The third-order valence-corrected chi connectivity index (χ3v) is 5.11. The van der Waals surface area contributed by atoms with Crippen molar-refractivity contribution >= 4 is 22.4 Å². The van der Waals surface area contributed by atoms with Gasteiger partial charge >= 0.3 is 0 Å². The third kappa shape index (κ3) is 4.93. The zero-order valence-electron chi connectivity index (χ0n) is 17.6. The summed E-state index contributed by atoms with van der Waals surface area (Å²) in [6.45, 7) is 0.599. The Kier molecular flexibility index (Phi) is 5.59. The molecule has 2 heterocycles. The van der Waals surface area contributed by atoms with Crippen LogP contribution in [0, 0.1) is 5.82 Å². The Morgan fingerprint density at radius 1 is 1.00 bits per heavy atom. The number of hydrogen-bond acceptors (Lipinski definition) is 4. The minimum Gasteiger partial charge on any atom is -0.486 e. The highest BCUT2D eigenvalue weighted by atomic mass is 19.1. The molecule has 1 N–H and O–H groups in total. The van der Waals surface area contributed by atoms with Crippen molar-refractivity contribution in [2.45, 2.75) is 13.2 Å². The predicted molar refractivity (Wildman–Crippen MR) is 123 cm³/mol. The lowest BCUT2D eigenvalue weighted by atomic mass is 10.1. The van der Waals surface area contributed by atoms with E-state index >= 15 is 0 Å². The Bertz CT molecular complexity index is 1420. The fourth-order valence-electron chi connectivity index (χ4n) is 3.52. The predicted octanol–water partition coefficient (Wildman–Crippen LogP) is 5.65. The second kappa shape index (κ2) is 9.00. The zero-order chi connectivity index (χ0) is 22.6. The summed E-state index contributed by atoms with van der Waals surface area (Å²) in [5.41, 5.74) is 1.29. The van der Waals surface area contributed by atoms with Crippen LogP contribution in [0.25, 0.3) is 10.8 Å². The van der Waals surface area contributed by atoms with E-state index in [1.807, 2.05) is 48.5 Å². The Labute approximate surface area is 189 Å². The lowest BCUT2D eigenvalue weighted by Crippen LogP contribution is -2.10. The number of benzene rings is 3. The van der Waals surface area contributed by atoms with Crippen molar-refractivity contribution in [1.82, 2.24) is 9.78 Å². The molecule has 0 aliphatic rings. The van der Waals surface area contributed by atoms with Crippen molar-refractivity contribution in [3.05, 3.63) is 114 Å². The molecule has 0 saturated carbocycles. The molecule has 5 rings (SSSR count). The third-order valence-electron chi connectivity index (χ3n) is 5.11. The van der Waals surface area contributed by atoms with Crippen LogP contribution in [0.3, 0.4) is 0 Å². The summed E-state index contributed by atoms with van der Waals surface area (Å²) in [5.74, 6) is 0.741. The van der Waals surface area contributed by atoms with Gasteiger partial charge in [0.05, 0.1) is 18.4 Å². The van der Waals surface area contributed by atoms with Crippen LogP contribution in [0.15, 0.2) is 95.7 Å². The summed E-state index contributed by atoms with van der Waals surface area (Å²) in [7, 11) is 0. The largest absolute Gasteiger partial charge is 0.486 e. The van der Waals surface area contributed by atoms with Gasteiger partial charge in [0.25, 0.3) is 5.91 Å². The van der Waals surface area contributed by atoms with Gasteiger partial charge in [-0.15, -0.1) is 0 Å². The average Bonchev–Trinajstić information content (AvgIpc) is 3.47. The summed E-state index contributed by atoms with van der Waals surface area (Å²) >= 11 is 0. The number of nitrogens with one attached hydrogen (secondary N) is 1. The highest BCUT2D eigenvalue weighted by molar-refractivity contribution is 6.02. The van der Waals surface area contributed by atoms with E-state index in [0.29, 0.717) is 18.0 Å². The lowest BCUT2D eigenvalue weighted by molar-refractivity contribution is 0.0992. The maximum atomic E-state index is 13.3. The van der Waals surface area contributed by atoms with Crippen molar-refractivity contribution in [1.29, 1.82) is 0 Å². The second-order valence-corrected chi connectivity index (χ2v) is 7.57. The summed E-state index contributed by atoms with van der Waals surface area (Å²) in [6.07, 6.45) is 3.21. The molecule has 6 nitrogen and oxygen atoms in total. The van der Waals surface area contributed by atoms with Crippen molar-refractivity contribution in [2.75, 3.05) is 5.32 Å². The molecule has 0 unspecified atom stereocenters. The molecule has 0 saturated heterocycles. The first-order valence-electron chi connectivity index (χ1n) is 10.4. The number of amides is 1. The molecular weight excluding hydrogens is 421 g/mol. The minimum absolute atomic E-state index is 0.171. The maximum absolute atomic E-state index is 13.3. The summed E-state index contributed by atoms with van der Waals surface area (Å²) in [6, 6.07) is 23.5. The number of hydrogen-bond donors (Lipinski definition) is 1. The van der Waals surface area contributed by atoms with Gasteiger partial charge in [0.1, 0.15) is 23.9 Å². The van der Waals surface area contributed by atoms with Crippen LogP contribution in [0.2, 0.25) is 0 Å². The van der Waals surface area contributed by atoms with Crippen molar-refractivity contribution in [2.24, 2.45) is 0 Å². The number of anilines is 1. The molecule has 0 bridgehead atoms. The summed E-state index contributed by atoms with van der Waals surface area (Å²) < 4.78 is 26.4. The Hall–Kier alpha value is -4.39. The highest BCUT2D eigenvalue weighted by Crippen LogP contribution is 2.22. The maximum Gasteiger partial charge on any atom is 0.291 e. The molecule has 0 atom stereocenters. The van der Waals surface area contributed by atoms with Crippen molar-refractivity contribution < 1.29 is 18.3 Å². The van der Waals surface area contributed by atoms with Gasteiger partial charge in [0.15, 0.2) is 5.76 Å². The molecule has 0 aliphatic carbocycles. The zero-order valence-corrected chi connectivity index (χ0v) is 17.6. The molecule has 2 aromatic heterocycles. The van der Waals surface area contributed by atoms with Crippen LogP contribution >= 0.6 is 0 Å². The van der Waals surface area contributed by atoms with Gasteiger partial charge in [-0.1, -0.05) is 42.5 Å². The van der Waals surface area contributed by atoms with Crippen LogP contribution in [-0.4, -0.2) is 15.7 Å². The molecule has 0 fully saturated rings. The number of fused-ring (bicyclic) bond motifs is 1. The number of nitrogens with zero attached hydrogens (tertiary/aromatic N) is 2. The number of carbonyl (C=O) groups is 1. The molecule has 164 valence electrons.